The van der Waals surface area contributed by atoms with Crippen LogP contribution in [0.2, 0.25) is 0 Å². The Hall–Kier alpha value is -3.33. The average molecular weight is 434 g/mol. The Kier molecular flexibility index (Phi) is 6.75. The second-order valence-electron chi connectivity index (χ2n) is 7.52. The monoisotopic (exact) mass is 433 g/mol. The summed E-state index contributed by atoms with van der Waals surface area (Å²) in [7, 11) is 0. The Morgan fingerprint density at radius 1 is 1.09 bits per heavy atom. The number of benzene rings is 1. The van der Waals surface area contributed by atoms with Crippen molar-refractivity contribution in [1.82, 2.24) is 19.7 Å². The van der Waals surface area contributed by atoms with Crippen molar-refractivity contribution in [3.63, 3.8) is 0 Å². The summed E-state index contributed by atoms with van der Waals surface area (Å²) in [6.45, 7) is 2.01. The third-order valence-corrected chi connectivity index (χ3v) is 5.22. The third-order valence-electron chi connectivity index (χ3n) is 5.22. The average Bonchev–Trinajstić information content (AvgIpc) is 3.27. The van der Waals surface area contributed by atoms with Crippen molar-refractivity contribution in [1.29, 1.82) is 0 Å². The van der Waals surface area contributed by atoms with E-state index < -0.39 is 0 Å². The van der Waals surface area contributed by atoms with Crippen molar-refractivity contribution in [2.24, 2.45) is 5.73 Å². The van der Waals surface area contributed by atoms with Crippen LogP contribution in [0.4, 0.5) is 0 Å². The summed E-state index contributed by atoms with van der Waals surface area (Å²) in [5, 5.41) is 24.0. The van der Waals surface area contributed by atoms with Gasteiger partial charge in [0.05, 0.1) is 47.4 Å². The predicted octanol–water partition coefficient (Wildman–Crippen LogP) is 3.15. The zero-order valence-electron chi connectivity index (χ0n) is 18.0. The molecule has 3 heterocycles. The fourth-order valence-electron chi connectivity index (χ4n) is 3.65. The van der Waals surface area contributed by atoms with Gasteiger partial charge in [0.25, 0.3) is 0 Å². The van der Waals surface area contributed by atoms with Crippen molar-refractivity contribution < 1.29 is 14.9 Å². The highest BCUT2D eigenvalue weighted by molar-refractivity contribution is 5.90. The molecule has 0 aliphatic carbocycles. The first-order valence-electron chi connectivity index (χ1n) is 10.7. The first-order chi connectivity index (χ1) is 15.6. The summed E-state index contributed by atoms with van der Waals surface area (Å²) in [6.07, 6.45) is 3.55. The second kappa shape index (κ2) is 9.86. The summed E-state index contributed by atoms with van der Waals surface area (Å²) in [6, 6.07) is 15.0. The number of nitrogens with two attached hydrogens (primary N) is 1. The van der Waals surface area contributed by atoms with Crippen molar-refractivity contribution in [3.05, 3.63) is 66.1 Å². The quantitative estimate of drug-likeness (QED) is 0.371. The van der Waals surface area contributed by atoms with Gasteiger partial charge in [-0.25, -0.2) is 9.67 Å². The summed E-state index contributed by atoms with van der Waals surface area (Å²) < 4.78 is 7.53. The predicted molar refractivity (Wildman–Crippen MR) is 122 cm³/mol. The minimum Gasteiger partial charge on any atom is -0.490 e. The fraction of sp³-hybridized carbons (Fsp3) is 0.292. The van der Waals surface area contributed by atoms with Crippen LogP contribution in [0, 0.1) is 0 Å². The van der Waals surface area contributed by atoms with Gasteiger partial charge in [0.2, 0.25) is 0 Å². The van der Waals surface area contributed by atoms with E-state index in [9.17, 15) is 10.2 Å². The van der Waals surface area contributed by atoms with Crippen LogP contribution in [0.5, 0.6) is 5.75 Å². The van der Waals surface area contributed by atoms with Gasteiger partial charge in [-0.05, 0) is 42.8 Å². The second-order valence-corrected chi connectivity index (χ2v) is 7.52. The highest BCUT2D eigenvalue weighted by Gasteiger charge is 2.16. The molecule has 0 aliphatic rings. The van der Waals surface area contributed by atoms with Gasteiger partial charge >= 0.3 is 0 Å². The van der Waals surface area contributed by atoms with Crippen molar-refractivity contribution in [3.8, 4) is 22.8 Å². The number of pyridine rings is 2. The molecule has 0 fully saturated rings. The molecular weight excluding hydrogens is 406 g/mol. The van der Waals surface area contributed by atoms with E-state index in [0.717, 1.165) is 40.7 Å². The summed E-state index contributed by atoms with van der Waals surface area (Å²) in [5.74, 6) is 1.18. The molecule has 0 radical (unpaired) electrons. The van der Waals surface area contributed by atoms with Crippen LogP contribution in [0.25, 0.3) is 28.0 Å². The summed E-state index contributed by atoms with van der Waals surface area (Å²) in [4.78, 5) is 9.27. The Morgan fingerprint density at radius 3 is 2.72 bits per heavy atom. The van der Waals surface area contributed by atoms with Crippen LogP contribution >= 0.6 is 0 Å². The van der Waals surface area contributed by atoms with Gasteiger partial charge < -0.3 is 20.7 Å². The Balaban J connectivity index is 1.85. The van der Waals surface area contributed by atoms with Crippen molar-refractivity contribution in [2.75, 3.05) is 13.2 Å². The van der Waals surface area contributed by atoms with Gasteiger partial charge in [-0.2, -0.15) is 5.10 Å². The molecule has 1 atom stereocenters. The van der Waals surface area contributed by atoms with Gasteiger partial charge in [-0.3, -0.25) is 4.98 Å². The number of aliphatic hydroxyl groups excluding tert-OH is 2. The maximum Gasteiger partial charge on any atom is 0.154 e. The maximum atomic E-state index is 9.46. The molecule has 1 aromatic carbocycles. The van der Waals surface area contributed by atoms with Gasteiger partial charge in [-0.1, -0.05) is 25.5 Å². The normalized spacial score (nSPS) is 12.2. The highest BCUT2D eigenvalue weighted by atomic mass is 16.5. The Bertz CT molecular complexity index is 1210. The third kappa shape index (κ3) is 4.47. The molecule has 8 heteroatoms. The highest BCUT2D eigenvalue weighted by Crippen LogP contribution is 2.33. The molecule has 4 N–H and O–H groups in total. The van der Waals surface area contributed by atoms with Crippen LogP contribution in [-0.4, -0.2) is 43.2 Å². The van der Waals surface area contributed by atoms with Crippen LogP contribution in [-0.2, 0) is 6.61 Å². The minimum absolute atomic E-state index is 0.0977. The first kappa shape index (κ1) is 21.9. The van der Waals surface area contributed by atoms with Crippen molar-refractivity contribution in [2.45, 2.75) is 32.4 Å². The largest absolute Gasteiger partial charge is 0.490 e. The molecule has 166 valence electrons. The zero-order valence-corrected chi connectivity index (χ0v) is 18.0. The molecule has 1 unspecified atom stereocenters. The van der Waals surface area contributed by atoms with E-state index in [4.69, 9.17) is 15.5 Å². The molecule has 4 rings (SSSR count). The number of hydrogen-bond donors (Lipinski definition) is 3. The zero-order chi connectivity index (χ0) is 22.5. The molecular formula is C24H27N5O3. The maximum absolute atomic E-state index is 9.46. The molecule has 4 aromatic rings. The molecule has 32 heavy (non-hydrogen) atoms. The number of fused-ring (bicyclic) bond motifs is 1. The lowest BCUT2D eigenvalue weighted by Crippen LogP contribution is -2.11. The summed E-state index contributed by atoms with van der Waals surface area (Å²) >= 11 is 0. The van der Waals surface area contributed by atoms with Gasteiger partial charge in [-0.15, -0.1) is 0 Å². The lowest BCUT2D eigenvalue weighted by Gasteiger charge is -2.13. The molecule has 3 aromatic heterocycles. The van der Waals surface area contributed by atoms with E-state index in [2.05, 4.69) is 17.0 Å². The van der Waals surface area contributed by atoms with Gasteiger partial charge in [0.1, 0.15) is 12.4 Å². The van der Waals surface area contributed by atoms with E-state index in [0.29, 0.717) is 17.3 Å². The lowest BCUT2D eigenvalue weighted by atomic mass is 10.1. The SMILES string of the molecule is CCCC(N)c1cccc(-c2cc(OCCO)c3cnn(-c4cccc(CO)n4)c3c2)n1. The van der Waals surface area contributed by atoms with E-state index in [-0.39, 0.29) is 25.9 Å². The van der Waals surface area contributed by atoms with Gasteiger partial charge in [0, 0.05) is 11.6 Å². The van der Waals surface area contributed by atoms with Crippen LogP contribution in [0.3, 0.4) is 0 Å². The van der Waals surface area contributed by atoms with Crippen LogP contribution < -0.4 is 10.5 Å². The number of rotatable bonds is 9. The molecule has 0 bridgehead atoms. The van der Waals surface area contributed by atoms with E-state index in [1.165, 1.54) is 0 Å². The van der Waals surface area contributed by atoms with Crippen LogP contribution in [0.1, 0.15) is 37.2 Å². The van der Waals surface area contributed by atoms with E-state index in [1.807, 2.05) is 42.5 Å². The molecule has 0 saturated carbocycles. The number of aliphatic hydroxyl groups is 2. The topological polar surface area (TPSA) is 119 Å². The van der Waals surface area contributed by atoms with Crippen molar-refractivity contribution >= 4 is 10.9 Å². The lowest BCUT2D eigenvalue weighted by molar-refractivity contribution is 0.203. The van der Waals surface area contributed by atoms with Crippen LogP contribution in [0.15, 0.2) is 54.7 Å². The fourth-order valence-corrected chi connectivity index (χ4v) is 3.65. The number of aromatic nitrogens is 4. The summed E-state index contributed by atoms with van der Waals surface area (Å²) in [5.41, 5.74) is 10.1. The Morgan fingerprint density at radius 2 is 1.94 bits per heavy atom. The number of nitrogens with zero attached hydrogens (tertiary/aromatic N) is 4. The molecule has 0 aliphatic heterocycles. The number of ether oxygens (including phenoxy) is 1. The molecule has 0 saturated heterocycles. The number of hydrogen-bond acceptors (Lipinski definition) is 7. The first-order valence-corrected chi connectivity index (χ1v) is 10.7. The Labute approximate surface area is 186 Å². The van der Waals surface area contributed by atoms with Gasteiger partial charge in [0.15, 0.2) is 5.82 Å². The molecule has 8 nitrogen and oxygen atoms in total. The standard InChI is InChI=1S/C24H27N5O3/c1-2-5-19(25)21-8-4-7-20(28-21)16-12-22-18(23(13-16)32-11-10-30)14-26-29(22)24-9-3-6-17(15-31)27-24/h3-4,6-9,12-14,19,30-31H,2,5,10-11,15,25H2,1H3. The van der Waals surface area contributed by atoms with E-state index in [1.54, 1.807) is 16.9 Å². The molecule has 0 amide bonds. The molecule has 0 spiro atoms. The smallest absolute Gasteiger partial charge is 0.154 e. The van der Waals surface area contributed by atoms with E-state index >= 15 is 0 Å². The minimum atomic E-state index is -0.155.